The van der Waals surface area contributed by atoms with E-state index in [0.29, 0.717) is 0 Å². The first-order chi connectivity index (χ1) is 14.3. The van der Waals surface area contributed by atoms with Crippen LogP contribution in [0.4, 0.5) is 8.78 Å². The van der Waals surface area contributed by atoms with E-state index in [1.165, 1.54) is 19.1 Å². The summed E-state index contributed by atoms with van der Waals surface area (Å²) in [5.41, 5.74) is -6.87. The van der Waals surface area contributed by atoms with Gasteiger partial charge in [0, 0.05) is 23.7 Å². The van der Waals surface area contributed by atoms with Crippen LogP contribution in [0.3, 0.4) is 0 Å². The van der Waals surface area contributed by atoms with Gasteiger partial charge in [-0.1, -0.05) is 13.0 Å². The minimum Gasteiger partial charge on any atom is -0.458 e. The number of Topliss-reactive ketones (excluding diaryl/α,β-unsaturated/α-hetero) is 1. The first-order valence-corrected chi connectivity index (χ1v) is 10.7. The van der Waals surface area contributed by atoms with Gasteiger partial charge < -0.3 is 14.9 Å². The second-order valence-electron chi connectivity index (χ2n) is 9.96. The topological polar surface area (TPSA) is 101 Å². The van der Waals surface area contributed by atoms with E-state index in [4.69, 9.17) is 4.74 Å². The fraction of sp³-hybridized carbons (Fsp3) is 0.696. The molecule has 8 heteroatoms. The number of carbonyl (C=O) groups is 3. The summed E-state index contributed by atoms with van der Waals surface area (Å²) in [7, 11) is 0. The number of ether oxygens (including phenoxy) is 1. The van der Waals surface area contributed by atoms with Gasteiger partial charge in [-0.2, -0.15) is 0 Å². The number of halogens is 2. The number of ketones is 2. The van der Waals surface area contributed by atoms with Crippen molar-refractivity contribution in [2.45, 2.75) is 70.0 Å². The normalized spacial score (nSPS) is 48.4. The monoisotopic (exact) mass is 438 g/mol. The Balaban J connectivity index is 1.75. The standard InChI is InChI=1S/C23H28F2O6/c1-12(26)31-11-19(29)22(30)7-5-14-15-9-17(24)16-8-13(27)4-6-20(16,2)23(15,25)18(28)10-21(14,22)3/h4,6,8,14-15,17-18,28,30H,5,7,9-11H2,1-3H3/t14-,15-,17-,18?,20-,21-,22-,23-/m0/s1. The summed E-state index contributed by atoms with van der Waals surface area (Å²) in [4.78, 5) is 35.8. The SMILES string of the molecule is CC(=O)OCC(=O)[C@@]1(O)CC[C@H]2[C@@H]3C[C@H](F)C4=CC(=O)C=C[C@]4(C)[C@@]3(F)C(O)C[C@@]21C. The van der Waals surface area contributed by atoms with Gasteiger partial charge in [-0.05, 0) is 56.3 Å². The molecule has 6 nitrogen and oxygen atoms in total. The number of rotatable bonds is 3. The minimum atomic E-state index is -2.26. The molecule has 0 saturated heterocycles. The zero-order valence-electron chi connectivity index (χ0n) is 17.9. The van der Waals surface area contributed by atoms with Crippen molar-refractivity contribution in [2.24, 2.45) is 22.7 Å². The number of allylic oxidation sites excluding steroid dienone is 4. The van der Waals surface area contributed by atoms with Crippen LogP contribution in [0.15, 0.2) is 23.8 Å². The van der Waals surface area contributed by atoms with E-state index in [-0.39, 0.29) is 31.3 Å². The molecule has 8 atom stereocenters. The number of aliphatic hydroxyl groups excluding tert-OH is 1. The van der Waals surface area contributed by atoms with E-state index in [1.54, 1.807) is 6.92 Å². The predicted octanol–water partition coefficient (Wildman–Crippen LogP) is 2.17. The Morgan fingerprint density at radius 3 is 2.61 bits per heavy atom. The number of aliphatic hydroxyl groups is 2. The summed E-state index contributed by atoms with van der Waals surface area (Å²) in [5, 5.41) is 22.5. The average molecular weight is 438 g/mol. The molecule has 0 aliphatic heterocycles. The van der Waals surface area contributed by atoms with E-state index < -0.39 is 70.4 Å². The highest BCUT2D eigenvalue weighted by Crippen LogP contribution is 2.70. The Morgan fingerprint density at radius 2 is 1.97 bits per heavy atom. The van der Waals surface area contributed by atoms with Crippen molar-refractivity contribution in [2.75, 3.05) is 6.61 Å². The average Bonchev–Trinajstić information content (AvgIpc) is 2.96. The number of hydrogen-bond acceptors (Lipinski definition) is 6. The molecule has 0 radical (unpaired) electrons. The lowest BCUT2D eigenvalue weighted by Gasteiger charge is -2.63. The van der Waals surface area contributed by atoms with Gasteiger partial charge in [-0.25, -0.2) is 8.78 Å². The van der Waals surface area contributed by atoms with E-state index in [0.717, 1.165) is 13.0 Å². The van der Waals surface area contributed by atoms with Crippen molar-refractivity contribution in [1.82, 2.24) is 0 Å². The number of carbonyl (C=O) groups excluding carboxylic acids is 3. The third kappa shape index (κ3) is 2.70. The zero-order valence-corrected chi connectivity index (χ0v) is 17.9. The Kier molecular flexibility index (Phi) is 4.87. The maximum absolute atomic E-state index is 16.9. The lowest BCUT2D eigenvalue weighted by atomic mass is 9.44. The van der Waals surface area contributed by atoms with Crippen LogP contribution in [0.5, 0.6) is 0 Å². The maximum Gasteiger partial charge on any atom is 0.303 e. The molecule has 3 saturated carbocycles. The van der Waals surface area contributed by atoms with E-state index >= 15 is 8.78 Å². The molecule has 0 aromatic heterocycles. The summed E-state index contributed by atoms with van der Waals surface area (Å²) >= 11 is 0. The van der Waals surface area contributed by atoms with Crippen LogP contribution >= 0.6 is 0 Å². The molecule has 0 aromatic carbocycles. The van der Waals surface area contributed by atoms with Crippen LogP contribution in [0, 0.1) is 22.7 Å². The zero-order chi connectivity index (χ0) is 23.0. The highest BCUT2D eigenvalue weighted by Gasteiger charge is 2.75. The molecule has 31 heavy (non-hydrogen) atoms. The number of alkyl halides is 2. The van der Waals surface area contributed by atoms with Crippen LogP contribution in [0.25, 0.3) is 0 Å². The van der Waals surface area contributed by atoms with Crippen molar-refractivity contribution < 1.29 is 38.1 Å². The van der Waals surface area contributed by atoms with Gasteiger partial charge in [-0.15, -0.1) is 0 Å². The molecule has 0 aromatic rings. The molecular formula is C23H28F2O6. The molecule has 4 aliphatic carbocycles. The second-order valence-corrected chi connectivity index (χ2v) is 9.96. The predicted molar refractivity (Wildman–Crippen MR) is 105 cm³/mol. The molecule has 4 aliphatic rings. The molecule has 0 spiro atoms. The van der Waals surface area contributed by atoms with Crippen molar-refractivity contribution in [3.8, 4) is 0 Å². The highest BCUT2D eigenvalue weighted by molar-refractivity contribution is 6.01. The summed E-state index contributed by atoms with van der Waals surface area (Å²) in [6.07, 6.45) is 0.327. The molecular weight excluding hydrogens is 410 g/mol. The lowest BCUT2D eigenvalue weighted by molar-refractivity contribution is -0.222. The number of hydrogen-bond donors (Lipinski definition) is 2. The highest BCUT2D eigenvalue weighted by atomic mass is 19.1. The van der Waals surface area contributed by atoms with Gasteiger partial charge in [0.15, 0.2) is 18.1 Å². The first kappa shape index (κ1) is 22.3. The van der Waals surface area contributed by atoms with Crippen LogP contribution in [0.2, 0.25) is 0 Å². The molecule has 170 valence electrons. The van der Waals surface area contributed by atoms with Crippen molar-refractivity contribution in [1.29, 1.82) is 0 Å². The number of esters is 1. The van der Waals surface area contributed by atoms with Crippen LogP contribution in [-0.4, -0.2) is 57.9 Å². The number of fused-ring (bicyclic) bond motifs is 5. The molecule has 2 N–H and O–H groups in total. The van der Waals surface area contributed by atoms with Crippen molar-refractivity contribution in [3.05, 3.63) is 23.8 Å². The van der Waals surface area contributed by atoms with E-state index in [9.17, 15) is 24.6 Å². The minimum absolute atomic E-state index is 0.0122. The van der Waals surface area contributed by atoms with Crippen molar-refractivity contribution in [3.63, 3.8) is 0 Å². The van der Waals surface area contributed by atoms with E-state index in [1.807, 2.05) is 0 Å². The Hall–Kier alpha value is -1.93. The molecule has 3 fully saturated rings. The fourth-order valence-electron chi connectivity index (χ4n) is 6.95. The fourth-order valence-corrected chi connectivity index (χ4v) is 6.95. The van der Waals surface area contributed by atoms with Crippen LogP contribution < -0.4 is 0 Å². The van der Waals surface area contributed by atoms with Gasteiger partial charge in [0.1, 0.15) is 11.8 Å². The molecule has 1 unspecified atom stereocenters. The summed E-state index contributed by atoms with van der Waals surface area (Å²) < 4.78 is 36.9. The first-order valence-electron chi connectivity index (χ1n) is 10.7. The summed E-state index contributed by atoms with van der Waals surface area (Å²) in [5.74, 6) is -3.32. The Bertz CT molecular complexity index is 914. The third-order valence-corrected chi connectivity index (χ3v) is 8.65. The quantitative estimate of drug-likeness (QED) is 0.655. The van der Waals surface area contributed by atoms with Gasteiger partial charge in [0.05, 0.1) is 6.10 Å². The molecule has 0 bridgehead atoms. The third-order valence-electron chi connectivity index (χ3n) is 8.65. The van der Waals surface area contributed by atoms with Crippen LogP contribution in [0.1, 0.15) is 46.5 Å². The summed E-state index contributed by atoms with van der Waals surface area (Å²) in [6.45, 7) is 3.66. The smallest absolute Gasteiger partial charge is 0.303 e. The largest absolute Gasteiger partial charge is 0.458 e. The van der Waals surface area contributed by atoms with Gasteiger partial charge in [0.2, 0.25) is 5.78 Å². The molecule has 4 rings (SSSR count). The van der Waals surface area contributed by atoms with Gasteiger partial charge in [0.25, 0.3) is 0 Å². The van der Waals surface area contributed by atoms with Gasteiger partial charge >= 0.3 is 5.97 Å². The van der Waals surface area contributed by atoms with Crippen LogP contribution in [-0.2, 0) is 19.1 Å². The molecule has 0 heterocycles. The van der Waals surface area contributed by atoms with E-state index in [2.05, 4.69) is 0 Å². The van der Waals surface area contributed by atoms with Gasteiger partial charge in [-0.3, -0.25) is 14.4 Å². The Morgan fingerprint density at radius 1 is 1.29 bits per heavy atom. The molecule has 0 amide bonds. The Labute approximate surface area is 179 Å². The summed E-state index contributed by atoms with van der Waals surface area (Å²) in [6, 6.07) is 0. The lowest BCUT2D eigenvalue weighted by Crippen LogP contribution is -2.70. The van der Waals surface area contributed by atoms with Crippen molar-refractivity contribution >= 4 is 17.5 Å². The maximum atomic E-state index is 16.9. The second kappa shape index (κ2) is 6.78.